The van der Waals surface area contributed by atoms with Gasteiger partial charge in [-0.25, -0.2) is 9.37 Å². The number of rotatable bonds is 4. The number of piperidine rings is 1. The summed E-state index contributed by atoms with van der Waals surface area (Å²) in [6, 6.07) is 3.89. The maximum atomic E-state index is 17.1. The molecule has 11 heteroatoms. The van der Waals surface area contributed by atoms with E-state index in [0.29, 0.717) is 41.9 Å². The van der Waals surface area contributed by atoms with Crippen molar-refractivity contribution >= 4 is 56.0 Å². The van der Waals surface area contributed by atoms with Gasteiger partial charge < -0.3 is 14.7 Å². The number of aromatic nitrogens is 5. The highest BCUT2D eigenvalue weighted by Gasteiger charge is 2.42. The molecule has 5 aromatic rings. The maximum absolute atomic E-state index is 17.1. The predicted molar refractivity (Wildman–Crippen MR) is 177 cm³/mol. The van der Waals surface area contributed by atoms with Gasteiger partial charge in [0.1, 0.15) is 11.3 Å². The third-order valence-corrected chi connectivity index (χ3v) is 10.3. The Morgan fingerprint density at radius 1 is 1.11 bits per heavy atom. The van der Waals surface area contributed by atoms with E-state index in [1.165, 1.54) is 0 Å². The summed E-state index contributed by atoms with van der Waals surface area (Å²) in [7, 11) is 4.16. The number of nitrogens with one attached hydrogen (secondary N) is 1. The average molecular weight is 627 g/mol. The molecule has 0 radical (unpaired) electrons. The summed E-state index contributed by atoms with van der Waals surface area (Å²) in [4.78, 5) is 23.7. The zero-order valence-corrected chi connectivity index (χ0v) is 27.2. The number of anilines is 1. The van der Waals surface area contributed by atoms with Gasteiger partial charge in [0.25, 0.3) is 5.91 Å². The fourth-order valence-electron chi connectivity index (χ4n) is 6.97. The van der Waals surface area contributed by atoms with E-state index in [1.54, 1.807) is 18.0 Å². The minimum Gasteiger partial charge on any atom is -0.352 e. The van der Waals surface area contributed by atoms with Gasteiger partial charge in [-0.3, -0.25) is 14.6 Å². The molecule has 0 aliphatic carbocycles. The summed E-state index contributed by atoms with van der Waals surface area (Å²) in [6.07, 6.45) is 5.00. The van der Waals surface area contributed by atoms with E-state index < -0.39 is 5.82 Å². The summed E-state index contributed by atoms with van der Waals surface area (Å²) < 4.78 is 19.1. The number of likely N-dealkylation sites (N-methyl/N-ethyl adjacent to an activating group) is 1. The normalized spacial score (nSPS) is 16.9. The van der Waals surface area contributed by atoms with E-state index in [4.69, 9.17) is 21.7 Å². The first-order valence-electron chi connectivity index (χ1n) is 15.3. The van der Waals surface area contributed by atoms with Crippen LogP contribution in [0.2, 0.25) is 5.02 Å². The summed E-state index contributed by atoms with van der Waals surface area (Å²) in [5, 5.41) is 14.7. The quantitative estimate of drug-likeness (QED) is 0.251. The van der Waals surface area contributed by atoms with E-state index in [2.05, 4.69) is 52.9 Å². The predicted octanol–water partition coefficient (Wildman–Crippen LogP) is 5.86. The molecule has 0 spiro atoms. The molecule has 45 heavy (non-hydrogen) atoms. The highest BCUT2D eigenvalue weighted by Crippen LogP contribution is 2.45. The number of aryl methyl sites for hydroxylation is 1. The Morgan fingerprint density at radius 3 is 2.53 bits per heavy atom. The van der Waals surface area contributed by atoms with Crippen molar-refractivity contribution in [1.29, 1.82) is 0 Å². The first kappa shape index (κ1) is 29.5. The first-order chi connectivity index (χ1) is 21.5. The lowest BCUT2D eigenvalue weighted by Gasteiger charge is -2.52. The molecule has 1 N–H and O–H groups in total. The van der Waals surface area contributed by atoms with Crippen molar-refractivity contribution in [3.8, 4) is 23.0 Å². The molecular formula is C34H36ClFN8O. The van der Waals surface area contributed by atoms with E-state index in [1.807, 2.05) is 36.9 Å². The third-order valence-electron chi connectivity index (χ3n) is 9.99. The van der Waals surface area contributed by atoms with E-state index >= 15 is 4.39 Å². The van der Waals surface area contributed by atoms with Gasteiger partial charge in [-0.2, -0.15) is 10.2 Å². The van der Waals surface area contributed by atoms with Gasteiger partial charge in [0.15, 0.2) is 5.82 Å². The first-order valence-corrected chi connectivity index (χ1v) is 15.7. The molecule has 0 atom stereocenters. The van der Waals surface area contributed by atoms with Gasteiger partial charge in [0.2, 0.25) is 0 Å². The number of halogens is 2. The molecule has 2 aliphatic rings. The number of fused-ring (bicyclic) bond motifs is 4. The zero-order chi connectivity index (χ0) is 31.8. The van der Waals surface area contributed by atoms with Crippen LogP contribution >= 0.6 is 11.6 Å². The number of benzene rings is 2. The molecule has 0 bridgehead atoms. The Balaban J connectivity index is 1.43. The number of H-pyrrole nitrogens is 1. The van der Waals surface area contributed by atoms with Gasteiger partial charge >= 0.3 is 0 Å². The number of aromatic amines is 1. The Bertz CT molecular complexity index is 2070. The van der Waals surface area contributed by atoms with Crippen molar-refractivity contribution in [2.24, 2.45) is 0 Å². The minimum absolute atomic E-state index is 0.0189. The van der Waals surface area contributed by atoms with Crippen LogP contribution in [0.1, 0.15) is 43.9 Å². The highest BCUT2D eigenvalue weighted by atomic mass is 35.5. The molecule has 2 aliphatic heterocycles. The maximum Gasteiger partial charge on any atom is 0.298 e. The monoisotopic (exact) mass is 626 g/mol. The van der Waals surface area contributed by atoms with Crippen LogP contribution in [-0.2, 0) is 4.79 Å². The van der Waals surface area contributed by atoms with Crippen LogP contribution in [-0.4, -0.2) is 86.5 Å². The second-order valence-corrected chi connectivity index (χ2v) is 13.3. The topological polar surface area (TPSA) is 86.2 Å². The Morgan fingerprint density at radius 2 is 1.84 bits per heavy atom. The third kappa shape index (κ3) is 4.55. The molecule has 7 rings (SSSR count). The number of hydrogen-bond donors (Lipinski definition) is 1. The van der Waals surface area contributed by atoms with Crippen molar-refractivity contribution < 1.29 is 9.18 Å². The van der Waals surface area contributed by atoms with Gasteiger partial charge in [0.05, 0.1) is 45.4 Å². The molecule has 9 nitrogen and oxygen atoms in total. The van der Waals surface area contributed by atoms with Gasteiger partial charge in [-0.05, 0) is 83.8 Å². The molecular weight excluding hydrogens is 591 g/mol. The number of hydrogen-bond acceptors (Lipinski definition) is 6. The minimum atomic E-state index is -0.459. The summed E-state index contributed by atoms with van der Waals surface area (Å²) in [5.41, 5.74) is 4.88. The molecule has 5 heterocycles. The van der Waals surface area contributed by atoms with Gasteiger partial charge in [-0.1, -0.05) is 17.5 Å². The number of pyridine rings is 1. The fraction of sp³-hybridized carbons (Fsp3) is 0.412. The van der Waals surface area contributed by atoms with Gasteiger partial charge in [-0.15, -0.1) is 0 Å². The van der Waals surface area contributed by atoms with Crippen LogP contribution in [0.25, 0.3) is 43.8 Å². The lowest BCUT2D eigenvalue weighted by Crippen LogP contribution is -2.67. The second kappa shape index (κ2) is 10.7. The van der Waals surface area contributed by atoms with Crippen LogP contribution in [0.5, 0.6) is 0 Å². The van der Waals surface area contributed by atoms with Crippen LogP contribution in [0.3, 0.4) is 0 Å². The number of amides is 1. The molecule has 0 unspecified atom stereocenters. The highest BCUT2D eigenvalue weighted by molar-refractivity contribution is 6.35. The average Bonchev–Trinajstić information content (AvgIpc) is 3.65. The van der Waals surface area contributed by atoms with Gasteiger partial charge in [0, 0.05) is 48.1 Å². The molecule has 3 aromatic heterocycles. The molecule has 1 amide bonds. The number of nitrogens with zero attached hydrogens (tertiary/aromatic N) is 7. The van der Waals surface area contributed by atoms with Crippen LogP contribution in [0.4, 0.5) is 10.2 Å². The smallest absolute Gasteiger partial charge is 0.298 e. The number of likely N-dealkylation sites (tertiary alicyclic amines) is 1. The summed E-state index contributed by atoms with van der Waals surface area (Å²) >= 11 is 7.04. The second-order valence-electron chi connectivity index (χ2n) is 12.9. The van der Waals surface area contributed by atoms with Crippen LogP contribution in [0, 0.1) is 31.5 Å². The van der Waals surface area contributed by atoms with Crippen molar-refractivity contribution in [2.75, 3.05) is 45.2 Å². The number of carbonyl (C=O) groups is 1. The Labute approximate surface area is 266 Å². The Hall–Kier alpha value is -4.20. The number of carbonyl (C=O) groups excluding carboxylic acids is 1. The van der Waals surface area contributed by atoms with E-state index in [9.17, 15) is 4.79 Å². The SMILES string of the molecule is CC#CC(=O)N1CCC(n2ncc3c(N4CC(C)(N(C)C)C4)nc4c(F)c(-c5c(C)c(C)cc6[nH]ncc56)c(Cl)cc4c32)CC1. The van der Waals surface area contributed by atoms with E-state index in [0.717, 1.165) is 57.4 Å². The molecule has 0 saturated carbocycles. The zero-order valence-electron chi connectivity index (χ0n) is 26.4. The fourth-order valence-corrected chi connectivity index (χ4v) is 7.25. The molecule has 2 aromatic carbocycles. The van der Waals surface area contributed by atoms with Crippen molar-refractivity contribution in [2.45, 2.75) is 52.1 Å². The lowest BCUT2D eigenvalue weighted by molar-refractivity contribution is -0.126. The van der Waals surface area contributed by atoms with Crippen molar-refractivity contribution in [1.82, 2.24) is 34.8 Å². The van der Waals surface area contributed by atoms with Crippen molar-refractivity contribution in [3.63, 3.8) is 0 Å². The standard InChI is InChI=1S/C34H36ClFN8O/c1-7-8-27(45)42-11-9-21(10-12-42)44-32-22-14-25(35)29(28-20(3)19(2)13-26-23(28)15-37-40-26)30(36)31(22)39-33(24(32)16-38-44)43-17-34(4,18-43)41(5)6/h13-16,21H,9-12,17-18H2,1-6H3,(H,37,40). The largest absolute Gasteiger partial charge is 0.352 e. The molecule has 2 fully saturated rings. The molecule has 232 valence electrons. The Kier molecular flexibility index (Phi) is 7.02. The van der Waals surface area contributed by atoms with E-state index in [-0.39, 0.29) is 23.0 Å². The summed E-state index contributed by atoms with van der Waals surface area (Å²) in [6.45, 7) is 10.6. The van der Waals surface area contributed by atoms with Crippen LogP contribution in [0.15, 0.2) is 24.5 Å². The summed E-state index contributed by atoms with van der Waals surface area (Å²) in [5.74, 6) is 5.46. The van der Waals surface area contributed by atoms with Crippen LogP contribution < -0.4 is 4.90 Å². The van der Waals surface area contributed by atoms with Crippen molar-refractivity contribution in [3.05, 3.63) is 46.5 Å². The lowest BCUT2D eigenvalue weighted by atomic mass is 9.90. The molecule has 2 saturated heterocycles.